The van der Waals surface area contributed by atoms with Crippen LogP contribution >= 0.6 is 0 Å². The van der Waals surface area contributed by atoms with E-state index in [-0.39, 0.29) is 23.4 Å². The van der Waals surface area contributed by atoms with Crippen molar-refractivity contribution in [3.63, 3.8) is 0 Å². The van der Waals surface area contributed by atoms with Gasteiger partial charge in [0, 0.05) is 29.3 Å². The number of likely N-dealkylation sites (tertiary alicyclic amines) is 1. The SMILES string of the molecule is CN1C[C@H](c2ccc(F)cc2)C(C(=O)c2ccccc2)[C@]12C(=O)Nc1ccccc12. The molecule has 5 rings (SSSR count). The van der Waals surface area contributed by atoms with Gasteiger partial charge in [-0.3, -0.25) is 14.5 Å². The summed E-state index contributed by atoms with van der Waals surface area (Å²) in [4.78, 5) is 29.3. The van der Waals surface area contributed by atoms with E-state index in [1.54, 1.807) is 24.3 Å². The molecule has 2 heterocycles. The van der Waals surface area contributed by atoms with Crippen LogP contribution in [-0.2, 0) is 10.3 Å². The first kappa shape index (κ1) is 18.7. The molecule has 1 fully saturated rings. The molecule has 1 N–H and O–H groups in total. The van der Waals surface area contributed by atoms with Crippen LogP contribution < -0.4 is 5.32 Å². The van der Waals surface area contributed by atoms with Gasteiger partial charge in [0.2, 0.25) is 5.91 Å². The van der Waals surface area contributed by atoms with Crippen LogP contribution in [0.5, 0.6) is 0 Å². The summed E-state index contributed by atoms with van der Waals surface area (Å²) in [6.45, 7) is 0.511. The number of nitrogens with zero attached hydrogens (tertiary/aromatic N) is 1. The van der Waals surface area contributed by atoms with Crippen molar-refractivity contribution in [2.45, 2.75) is 11.5 Å². The Morgan fingerprint density at radius 2 is 1.67 bits per heavy atom. The highest BCUT2D eigenvalue weighted by Crippen LogP contribution is 2.55. The van der Waals surface area contributed by atoms with Crippen molar-refractivity contribution in [2.75, 3.05) is 18.9 Å². The Hall–Kier alpha value is -3.31. The first-order chi connectivity index (χ1) is 14.5. The molecule has 150 valence electrons. The molecule has 0 aliphatic carbocycles. The van der Waals surface area contributed by atoms with Crippen LogP contribution in [0, 0.1) is 11.7 Å². The van der Waals surface area contributed by atoms with Gasteiger partial charge in [0.1, 0.15) is 11.4 Å². The van der Waals surface area contributed by atoms with E-state index in [0.29, 0.717) is 12.1 Å². The van der Waals surface area contributed by atoms with Gasteiger partial charge in [-0.05, 0) is 30.8 Å². The van der Waals surface area contributed by atoms with E-state index in [1.807, 2.05) is 54.4 Å². The summed E-state index contributed by atoms with van der Waals surface area (Å²) in [5, 5.41) is 2.99. The highest BCUT2D eigenvalue weighted by molar-refractivity contribution is 6.12. The van der Waals surface area contributed by atoms with Gasteiger partial charge in [-0.25, -0.2) is 4.39 Å². The van der Waals surface area contributed by atoms with E-state index >= 15 is 0 Å². The van der Waals surface area contributed by atoms with Crippen molar-refractivity contribution in [3.8, 4) is 0 Å². The van der Waals surface area contributed by atoms with Crippen LogP contribution in [0.2, 0.25) is 0 Å². The molecule has 1 spiro atoms. The summed E-state index contributed by atoms with van der Waals surface area (Å²) in [7, 11) is 1.89. The Labute approximate surface area is 174 Å². The molecular formula is C25H21FN2O2. The van der Waals surface area contributed by atoms with Crippen molar-refractivity contribution in [3.05, 3.63) is 101 Å². The summed E-state index contributed by atoms with van der Waals surface area (Å²) in [5.41, 5.74) is 1.87. The molecule has 3 atom stereocenters. The zero-order valence-corrected chi connectivity index (χ0v) is 16.5. The summed E-state index contributed by atoms with van der Waals surface area (Å²) in [5.74, 6) is -1.49. The van der Waals surface area contributed by atoms with Gasteiger partial charge in [0.25, 0.3) is 0 Å². The lowest BCUT2D eigenvalue weighted by Gasteiger charge is -2.35. The Morgan fingerprint density at radius 1 is 1.00 bits per heavy atom. The molecule has 3 aromatic rings. The molecule has 3 aromatic carbocycles. The van der Waals surface area contributed by atoms with Gasteiger partial charge >= 0.3 is 0 Å². The number of para-hydroxylation sites is 1. The maximum absolute atomic E-state index is 13.9. The van der Waals surface area contributed by atoms with E-state index in [1.165, 1.54) is 12.1 Å². The molecule has 0 saturated carbocycles. The zero-order valence-electron chi connectivity index (χ0n) is 16.5. The van der Waals surface area contributed by atoms with Crippen molar-refractivity contribution >= 4 is 17.4 Å². The highest BCUT2D eigenvalue weighted by atomic mass is 19.1. The fraction of sp³-hybridized carbons (Fsp3) is 0.200. The lowest BCUT2D eigenvalue weighted by atomic mass is 9.70. The van der Waals surface area contributed by atoms with Gasteiger partial charge < -0.3 is 5.32 Å². The number of ketones is 1. The lowest BCUT2D eigenvalue weighted by Crippen LogP contribution is -2.51. The van der Waals surface area contributed by atoms with Crippen LogP contribution in [0.3, 0.4) is 0 Å². The van der Waals surface area contributed by atoms with Crippen molar-refractivity contribution in [1.29, 1.82) is 0 Å². The standard InChI is InChI=1S/C25H21FN2O2/c1-28-15-19(16-11-13-18(26)14-12-16)22(23(29)17-7-3-2-4-8-17)25(28)20-9-5-6-10-21(20)27-24(25)30/h2-14,19,22H,15H2,1H3,(H,27,30)/t19-,22?,25-/m1/s1. The maximum atomic E-state index is 13.9. The Morgan fingerprint density at radius 3 is 2.40 bits per heavy atom. The zero-order chi connectivity index (χ0) is 20.9. The predicted octanol–water partition coefficient (Wildman–Crippen LogP) is 4.20. The molecule has 1 saturated heterocycles. The Kier molecular flexibility index (Phi) is 4.29. The third kappa shape index (κ3) is 2.55. The van der Waals surface area contributed by atoms with Gasteiger partial charge in [0.05, 0.1) is 5.92 Å². The second-order valence-electron chi connectivity index (χ2n) is 8.01. The number of hydrogen-bond donors (Lipinski definition) is 1. The number of halogens is 1. The number of rotatable bonds is 3. The number of benzene rings is 3. The van der Waals surface area contributed by atoms with Crippen LogP contribution in [-0.4, -0.2) is 30.2 Å². The molecule has 0 bridgehead atoms. The second-order valence-corrected chi connectivity index (χ2v) is 8.01. The summed E-state index contributed by atoms with van der Waals surface area (Å²) in [6, 6.07) is 22.9. The summed E-state index contributed by atoms with van der Waals surface area (Å²) < 4.78 is 13.6. The number of carbonyl (C=O) groups is 2. The number of fused-ring (bicyclic) bond motifs is 2. The number of nitrogens with one attached hydrogen (secondary N) is 1. The number of carbonyl (C=O) groups excluding carboxylic acids is 2. The largest absolute Gasteiger partial charge is 0.324 e. The minimum Gasteiger partial charge on any atom is -0.324 e. The first-order valence-corrected chi connectivity index (χ1v) is 10.0. The van der Waals surface area contributed by atoms with Crippen LogP contribution in [0.4, 0.5) is 10.1 Å². The van der Waals surface area contributed by atoms with E-state index in [4.69, 9.17) is 0 Å². The van der Waals surface area contributed by atoms with Gasteiger partial charge in [-0.1, -0.05) is 60.7 Å². The average molecular weight is 400 g/mol. The Balaban J connectivity index is 1.73. The van der Waals surface area contributed by atoms with Crippen LogP contribution in [0.15, 0.2) is 78.9 Å². The van der Waals surface area contributed by atoms with Gasteiger partial charge in [0.15, 0.2) is 5.78 Å². The molecule has 4 nitrogen and oxygen atoms in total. The number of likely N-dealkylation sites (N-methyl/N-ethyl adjacent to an activating group) is 1. The maximum Gasteiger partial charge on any atom is 0.250 e. The fourth-order valence-electron chi connectivity index (χ4n) is 5.19. The second kappa shape index (κ2) is 6.89. The van der Waals surface area contributed by atoms with E-state index < -0.39 is 11.5 Å². The highest BCUT2D eigenvalue weighted by Gasteiger charge is 2.64. The summed E-state index contributed by atoms with van der Waals surface area (Å²) >= 11 is 0. The minimum atomic E-state index is -1.11. The number of hydrogen-bond acceptors (Lipinski definition) is 3. The molecule has 0 radical (unpaired) electrons. The summed E-state index contributed by atoms with van der Waals surface area (Å²) in [6.07, 6.45) is 0. The topological polar surface area (TPSA) is 49.4 Å². The van der Waals surface area contributed by atoms with E-state index in [0.717, 1.165) is 16.8 Å². The lowest BCUT2D eigenvalue weighted by molar-refractivity contribution is -0.126. The van der Waals surface area contributed by atoms with Crippen molar-refractivity contribution in [2.24, 2.45) is 5.92 Å². The monoisotopic (exact) mass is 400 g/mol. The number of Topliss-reactive ketones (excluding diaryl/α,β-unsaturated/α-hetero) is 1. The van der Waals surface area contributed by atoms with Crippen LogP contribution in [0.25, 0.3) is 0 Å². The third-order valence-electron chi connectivity index (χ3n) is 6.50. The number of amides is 1. The molecular weight excluding hydrogens is 379 g/mol. The van der Waals surface area contributed by atoms with Crippen molar-refractivity contribution < 1.29 is 14.0 Å². The van der Waals surface area contributed by atoms with Gasteiger partial charge in [-0.2, -0.15) is 0 Å². The fourth-order valence-corrected chi connectivity index (χ4v) is 5.19. The molecule has 0 aromatic heterocycles. The molecule has 30 heavy (non-hydrogen) atoms. The van der Waals surface area contributed by atoms with E-state index in [2.05, 4.69) is 5.32 Å². The van der Waals surface area contributed by atoms with Crippen LogP contribution in [0.1, 0.15) is 27.4 Å². The molecule has 1 unspecified atom stereocenters. The van der Waals surface area contributed by atoms with Crippen molar-refractivity contribution in [1.82, 2.24) is 4.90 Å². The molecule has 2 aliphatic heterocycles. The quantitative estimate of drug-likeness (QED) is 0.671. The normalized spacial score (nSPS) is 25.3. The van der Waals surface area contributed by atoms with E-state index in [9.17, 15) is 14.0 Å². The molecule has 1 amide bonds. The molecule has 5 heteroatoms. The molecule has 2 aliphatic rings. The Bertz CT molecular complexity index is 1130. The minimum absolute atomic E-state index is 0.0823. The number of anilines is 1. The smallest absolute Gasteiger partial charge is 0.250 e. The predicted molar refractivity (Wildman–Crippen MR) is 113 cm³/mol. The third-order valence-corrected chi connectivity index (χ3v) is 6.50. The van der Waals surface area contributed by atoms with Gasteiger partial charge in [-0.15, -0.1) is 0 Å². The first-order valence-electron chi connectivity index (χ1n) is 10.0. The average Bonchev–Trinajstić information content (AvgIpc) is 3.24.